The summed E-state index contributed by atoms with van der Waals surface area (Å²) in [5, 5.41) is 3.68. The minimum Gasteiger partial charge on any atom is -0.493 e. The van der Waals surface area contributed by atoms with Crippen molar-refractivity contribution in [3.8, 4) is 5.75 Å². The third kappa shape index (κ3) is 3.26. The van der Waals surface area contributed by atoms with Crippen LogP contribution < -0.4 is 10.1 Å². The van der Waals surface area contributed by atoms with Gasteiger partial charge in [-0.15, -0.1) is 0 Å². The minimum atomic E-state index is 0.327. The Bertz CT molecular complexity index is 406. The molecule has 0 saturated carbocycles. The molecule has 1 aromatic carbocycles. The van der Waals surface area contributed by atoms with Crippen LogP contribution >= 0.6 is 0 Å². The van der Waals surface area contributed by atoms with Crippen molar-refractivity contribution in [2.75, 3.05) is 13.2 Å². The lowest BCUT2D eigenvalue weighted by atomic mass is 9.94. The molecule has 0 aromatic heterocycles. The second kappa shape index (κ2) is 5.31. The Morgan fingerprint density at radius 3 is 2.78 bits per heavy atom. The van der Waals surface area contributed by atoms with Gasteiger partial charge < -0.3 is 10.1 Å². The summed E-state index contributed by atoms with van der Waals surface area (Å²) in [6, 6.07) is 7.09. The van der Waals surface area contributed by atoms with E-state index < -0.39 is 0 Å². The molecule has 0 fully saturated rings. The zero-order chi connectivity index (χ0) is 13.2. The number of hydrogen-bond donors (Lipinski definition) is 1. The fourth-order valence-electron chi connectivity index (χ4n) is 2.35. The largest absolute Gasteiger partial charge is 0.493 e. The SMILES string of the molecule is CCC(NCC(C)(C)C)c1ccc2c(c1)CCO2. The van der Waals surface area contributed by atoms with Gasteiger partial charge in [-0.1, -0.05) is 39.8 Å². The summed E-state index contributed by atoms with van der Waals surface area (Å²) in [4.78, 5) is 0. The average Bonchev–Trinajstić information content (AvgIpc) is 2.75. The highest BCUT2D eigenvalue weighted by atomic mass is 16.5. The van der Waals surface area contributed by atoms with Gasteiger partial charge in [-0.3, -0.25) is 0 Å². The molecule has 0 saturated heterocycles. The molecule has 0 spiro atoms. The first-order chi connectivity index (χ1) is 8.49. The van der Waals surface area contributed by atoms with Gasteiger partial charge in [-0.05, 0) is 29.0 Å². The highest BCUT2D eigenvalue weighted by Gasteiger charge is 2.17. The molecular formula is C16H25NO. The predicted molar refractivity (Wildman–Crippen MR) is 76.1 cm³/mol. The van der Waals surface area contributed by atoms with Gasteiger partial charge in [-0.25, -0.2) is 0 Å². The van der Waals surface area contributed by atoms with Crippen LogP contribution in [0.5, 0.6) is 5.75 Å². The number of rotatable bonds is 4. The summed E-state index contributed by atoms with van der Waals surface area (Å²) in [7, 11) is 0. The molecule has 0 radical (unpaired) electrons. The van der Waals surface area contributed by atoms with Crippen LogP contribution in [0.15, 0.2) is 18.2 Å². The highest BCUT2D eigenvalue weighted by Crippen LogP contribution is 2.29. The standard InChI is InChI=1S/C16H25NO/c1-5-14(17-11-16(2,3)4)12-6-7-15-13(10-12)8-9-18-15/h6-7,10,14,17H,5,8-9,11H2,1-4H3. The molecule has 1 aliphatic rings. The van der Waals surface area contributed by atoms with Gasteiger partial charge in [0.05, 0.1) is 6.61 Å². The van der Waals surface area contributed by atoms with E-state index in [-0.39, 0.29) is 0 Å². The molecule has 1 atom stereocenters. The van der Waals surface area contributed by atoms with E-state index >= 15 is 0 Å². The summed E-state index contributed by atoms with van der Waals surface area (Å²) in [5.41, 5.74) is 3.09. The third-order valence-corrected chi connectivity index (χ3v) is 3.40. The Labute approximate surface area is 111 Å². The fraction of sp³-hybridized carbons (Fsp3) is 0.625. The summed E-state index contributed by atoms with van der Waals surface area (Å²) in [6.45, 7) is 10.9. The molecule has 1 aliphatic heterocycles. The van der Waals surface area contributed by atoms with Crippen LogP contribution in [-0.4, -0.2) is 13.2 Å². The molecule has 2 rings (SSSR count). The van der Waals surface area contributed by atoms with Gasteiger partial charge >= 0.3 is 0 Å². The van der Waals surface area contributed by atoms with Crippen LogP contribution in [0.4, 0.5) is 0 Å². The van der Waals surface area contributed by atoms with E-state index in [1.165, 1.54) is 11.1 Å². The van der Waals surface area contributed by atoms with Gasteiger partial charge in [0, 0.05) is 19.0 Å². The molecule has 0 amide bonds. The second-order valence-electron chi connectivity index (χ2n) is 6.37. The van der Waals surface area contributed by atoms with Gasteiger partial charge in [-0.2, -0.15) is 0 Å². The van der Waals surface area contributed by atoms with Crippen molar-refractivity contribution in [3.05, 3.63) is 29.3 Å². The van der Waals surface area contributed by atoms with Crippen molar-refractivity contribution in [3.63, 3.8) is 0 Å². The maximum Gasteiger partial charge on any atom is 0.122 e. The molecule has 0 aliphatic carbocycles. The van der Waals surface area contributed by atoms with Crippen LogP contribution in [-0.2, 0) is 6.42 Å². The maximum absolute atomic E-state index is 5.56. The van der Waals surface area contributed by atoms with Crippen LogP contribution in [0, 0.1) is 5.41 Å². The van der Waals surface area contributed by atoms with E-state index in [0.717, 1.165) is 31.7 Å². The van der Waals surface area contributed by atoms with Crippen molar-refractivity contribution in [2.24, 2.45) is 5.41 Å². The van der Waals surface area contributed by atoms with Crippen LogP contribution in [0.3, 0.4) is 0 Å². The number of hydrogen-bond acceptors (Lipinski definition) is 2. The van der Waals surface area contributed by atoms with Gasteiger partial charge in [0.1, 0.15) is 5.75 Å². The van der Waals surface area contributed by atoms with Crippen LogP contribution in [0.2, 0.25) is 0 Å². The van der Waals surface area contributed by atoms with E-state index in [2.05, 4.69) is 51.2 Å². The topological polar surface area (TPSA) is 21.3 Å². The van der Waals surface area contributed by atoms with Crippen LogP contribution in [0.25, 0.3) is 0 Å². The molecule has 18 heavy (non-hydrogen) atoms. The second-order valence-corrected chi connectivity index (χ2v) is 6.37. The summed E-state index contributed by atoms with van der Waals surface area (Å²) in [6.07, 6.45) is 2.18. The summed E-state index contributed by atoms with van der Waals surface area (Å²) >= 11 is 0. The van der Waals surface area contributed by atoms with Crippen molar-refractivity contribution < 1.29 is 4.74 Å². The van der Waals surface area contributed by atoms with E-state index in [1.54, 1.807) is 0 Å². The lowest BCUT2D eigenvalue weighted by Crippen LogP contribution is -2.30. The number of benzene rings is 1. The summed E-state index contributed by atoms with van der Waals surface area (Å²) in [5.74, 6) is 1.07. The first-order valence-electron chi connectivity index (χ1n) is 6.98. The third-order valence-electron chi connectivity index (χ3n) is 3.40. The Balaban J connectivity index is 2.08. The number of ether oxygens (including phenoxy) is 1. The average molecular weight is 247 g/mol. The maximum atomic E-state index is 5.56. The zero-order valence-electron chi connectivity index (χ0n) is 12.0. The van der Waals surface area contributed by atoms with Crippen LogP contribution in [0.1, 0.15) is 51.3 Å². The van der Waals surface area contributed by atoms with Gasteiger partial charge in [0.2, 0.25) is 0 Å². The molecule has 100 valence electrons. The molecule has 1 heterocycles. The monoisotopic (exact) mass is 247 g/mol. The smallest absolute Gasteiger partial charge is 0.122 e. The first kappa shape index (κ1) is 13.4. The molecule has 0 bridgehead atoms. The molecule has 2 heteroatoms. The van der Waals surface area contributed by atoms with Crippen molar-refractivity contribution in [1.29, 1.82) is 0 Å². The first-order valence-corrected chi connectivity index (χ1v) is 6.98. The molecule has 1 unspecified atom stereocenters. The van der Waals surface area contributed by atoms with Crippen molar-refractivity contribution in [2.45, 2.75) is 46.6 Å². The number of fused-ring (bicyclic) bond motifs is 1. The predicted octanol–water partition coefficient (Wildman–Crippen LogP) is 3.71. The normalized spacial score (nSPS) is 16.2. The summed E-state index contributed by atoms with van der Waals surface area (Å²) < 4.78 is 5.56. The fourth-order valence-corrected chi connectivity index (χ4v) is 2.35. The van der Waals surface area contributed by atoms with E-state index in [9.17, 15) is 0 Å². The minimum absolute atomic E-state index is 0.327. The molecule has 2 nitrogen and oxygen atoms in total. The van der Waals surface area contributed by atoms with E-state index in [0.29, 0.717) is 11.5 Å². The molecule has 1 aromatic rings. The molecule has 1 N–H and O–H groups in total. The van der Waals surface area contributed by atoms with E-state index in [4.69, 9.17) is 4.74 Å². The Morgan fingerprint density at radius 1 is 1.33 bits per heavy atom. The highest BCUT2D eigenvalue weighted by molar-refractivity contribution is 5.40. The van der Waals surface area contributed by atoms with Crippen molar-refractivity contribution >= 4 is 0 Å². The Hall–Kier alpha value is -1.02. The van der Waals surface area contributed by atoms with Crippen molar-refractivity contribution in [1.82, 2.24) is 5.32 Å². The number of nitrogens with one attached hydrogen (secondary N) is 1. The lowest BCUT2D eigenvalue weighted by molar-refractivity contribution is 0.348. The molecular weight excluding hydrogens is 222 g/mol. The quantitative estimate of drug-likeness (QED) is 0.875. The van der Waals surface area contributed by atoms with Gasteiger partial charge in [0.15, 0.2) is 0 Å². The van der Waals surface area contributed by atoms with Gasteiger partial charge in [0.25, 0.3) is 0 Å². The van der Waals surface area contributed by atoms with E-state index in [1.807, 2.05) is 0 Å². The lowest BCUT2D eigenvalue weighted by Gasteiger charge is -2.24. The zero-order valence-corrected chi connectivity index (χ0v) is 12.0. The Kier molecular flexibility index (Phi) is 3.96. The Morgan fingerprint density at radius 2 is 2.11 bits per heavy atom.